The highest BCUT2D eigenvalue weighted by atomic mass is 16.3. The second-order valence-electron chi connectivity index (χ2n) is 5.26. The maximum absolute atomic E-state index is 10.1. The summed E-state index contributed by atoms with van der Waals surface area (Å²) in [4.78, 5) is 0. The normalized spacial score (nSPS) is 28.7. The minimum Gasteiger partial charge on any atom is -0.393 e. The van der Waals surface area contributed by atoms with Gasteiger partial charge < -0.3 is 5.11 Å². The maximum atomic E-state index is 10.1. The molecule has 88 valence electrons. The van der Waals surface area contributed by atoms with E-state index in [9.17, 15) is 5.11 Å². The van der Waals surface area contributed by atoms with Gasteiger partial charge in [-0.05, 0) is 44.4 Å². The minimum absolute atomic E-state index is 0.0870. The number of rotatable bonds is 5. The standard InChI is InChI=1S/C14H26O/c1-4-12-6-5-7-13(10-12)14(15)9-8-11(2)3/h12-15H,2,4-10H2,1,3H3. The summed E-state index contributed by atoms with van der Waals surface area (Å²) in [6, 6.07) is 0. The lowest BCUT2D eigenvalue weighted by Gasteiger charge is -2.31. The molecule has 1 aliphatic carbocycles. The van der Waals surface area contributed by atoms with E-state index in [0.717, 1.165) is 18.8 Å². The molecule has 3 atom stereocenters. The van der Waals surface area contributed by atoms with Gasteiger partial charge in [-0.25, -0.2) is 0 Å². The Morgan fingerprint density at radius 2 is 2.20 bits per heavy atom. The zero-order chi connectivity index (χ0) is 11.3. The highest BCUT2D eigenvalue weighted by molar-refractivity contribution is 4.89. The van der Waals surface area contributed by atoms with E-state index in [1.807, 2.05) is 6.92 Å². The van der Waals surface area contributed by atoms with Crippen LogP contribution in [0.15, 0.2) is 12.2 Å². The van der Waals surface area contributed by atoms with Gasteiger partial charge in [-0.15, -0.1) is 6.58 Å². The summed E-state index contributed by atoms with van der Waals surface area (Å²) < 4.78 is 0. The fourth-order valence-electron chi connectivity index (χ4n) is 2.68. The van der Waals surface area contributed by atoms with Crippen LogP contribution in [0.1, 0.15) is 58.8 Å². The molecular weight excluding hydrogens is 184 g/mol. The van der Waals surface area contributed by atoms with Gasteiger partial charge in [-0.1, -0.05) is 31.8 Å². The molecule has 0 bridgehead atoms. The van der Waals surface area contributed by atoms with Crippen LogP contribution in [-0.2, 0) is 0 Å². The van der Waals surface area contributed by atoms with Gasteiger partial charge in [0.25, 0.3) is 0 Å². The lowest BCUT2D eigenvalue weighted by molar-refractivity contribution is 0.0618. The average Bonchev–Trinajstić information content (AvgIpc) is 2.26. The van der Waals surface area contributed by atoms with Gasteiger partial charge in [0, 0.05) is 0 Å². The van der Waals surface area contributed by atoms with Crippen molar-refractivity contribution >= 4 is 0 Å². The molecular formula is C14H26O. The molecule has 0 aromatic heterocycles. The largest absolute Gasteiger partial charge is 0.393 e. The van der Waals surface area contributed by atoms with Gasteiger partial charge in [-0.2, -0.15) is 0 Å². The van der Waals surface area contributed by atoms with Crippen LogP contribution in [0.5, 0.6) is 0 Å². The Labute approximate surface area is 94.6 Å². The van der Waals surface area contributed by atoms with E-state index in [1.165, 1.54) is 37.7 Å². The van der Waals surface area contributed by atoms with E-state index >= 15 is 0 Å². The smallest absolute Gasteiger partial charge is 0.0571 e. The van der Waals surface area contributed by atoms with Gasteiger partial charge in [0.2, 0.25) is 0 Å². The zero-order valence-electron chi connectivity index (χ0n) is 10.3. The first-order valence-corrected chi connectivity index (χ1v) is 6.46. The van der Waals surface area contributed by atoms with Crippen molar-refractivity contribution < 1.29 is 5.11 Å². The van der Waals surface area contributed by atoms with Crippen LogP contribution in [-0.4, -0.2) is 11.2 Å². The molecule has 1 aliphatic rings. The molecule has 15 heavy (non-hydrogen) atoms. The fraction of sp³-hybridized carbons (Fsp3) is 0.857. The molecule has 0 amide bonds. The van der Waals surface area contributed by atoms with E-state index in [-0.39, 0.29) is 6.10 Å². The molecule has 1 heteroatoms. The van der Waals surface area contributed by atoms with Crippen molar-refractivity contribution in [1.29, 1.82) is 0 Å². The molecule has 1 rings (SSSR count). The number of allylic oxidation sites excluding steroid dienone is 1. The first-order valence-electron chi connectivity index (χ1n) is 6.46. The van der Waals surface area contributed by atoms with Crippen LogP contribution in [0.3, 0.4) is 0 Å². The molecule has 1 saturated carbocycles. The van der Waals surface area contributed by atoms with Crippen LogP contribution in [0.25, 0.3) is 0 Å². The topological polar surface area (TPSA) is 20.2 Å². The quantitative estimate of drug-likeness (QED) is 0.682. The third kappa shape index (κ3) is 4.38. The lowest BCUT2D eigenvalue weighted by Crippen LogP contribution is -2.26. The van der Waals surface area contributed by atoms with Crippen molar-refractivity contribution in [3.63, 3.8) is 0 Å². The monoisotopic (exact) mass is 210 g/mol. The van der Waals surface area contributed by atoms with Crippen LogP contribution < -0.4 is 0 Å². The highest BCUT2D eigenvalue weighted by Gasteiger charge is 2.25. The first-order chi connectivity index (χ1) is 7.13. The van der Waals surface area contributed by atoms with Gasteiger partial charge in [0.15, 0.2) is 0 Å². The van der Waals surface area contributed by atoms with Crippen molar-refractivity contribution in [2.75, 3.05) is 0 Å². The summed E-state index contributed by atoms with van der Waals surface area (Å²) >= 11 is 0. The summed E-state index contributed by atoms with van der Waals surface area (Å²) in [5.74, 6) is 1.42. The predicted octanol–water partition coefficient (Wildman–Crippen LogP) is 3.92. The zero-order valence-corrected chi connectivity index (χ0v) is 10.3. The molecule has 1 N–H and O–H groups in total. The minimum atomic E-state index is -0.0870. The summed E-state index contributed by atoms with van der Waals surface area (Å²) in [5.41, 5.74) is 1.19. The summed E-state index contributed by atoms with van der Waals surface area (Å²) in [7, 11) is 0. The number of hydrogen-bond donors (Lipinski definition) is 1. The van der Waals surface area contributed by atoms with Gasteiger partial charge in [0.1, 0.15) is 0 Å². The van der Waals surface area contributed by atoms with Crippen LogP contribution in [0.4, 0.5) is 0 Å². The third-order valence-corrected chi connectivity index (χ3v) is 3.81. The number of hydrogen-bond acceptors (Lipinski definition) is 1. The van der Waals surface area contributed by atoms with E-state index in [0.29, 0.717) is 5.92 Å². The van der Waals surface area contributed by atoms with Crippen molar-refractivity contribution in [2.45, 2.75) is 64.9 Å². The highest BCUT2D eigenvalue weighted by Crippen LogP contribution is 2.34. The second-order valence-corrected chi connectivity index (χ2v) is 5.26. The van der Waals surface area contributed by atoms with E-state index in [1.54, 1.807) is 0 Å². The maximum Gasteiger partial charge on any atom is 0.0571 e. The molecule has 0 aromatic carbocycles. The molecule has 0 radical (unpaired) electrons. The first kappa shape index (κ1) is 12.8. The lowest BCUT2D eigenvalue weighted by atomic mass is 9.77. The Bertz CT molecular complexity index is 198. The van der Waals surface area contributed by atoms with E-state index < -0.39 is 0 Å². The van der Waals surface area contributed by atoms with Gasteiger partial charge >= 0.3 is 0 Å². The van der Waals surface area contributed by atoms with Crippen molar-refractivity contribution in [3.8, 4) is 0 Å². The fourth-order valence-corrected chi connectivity index (χ4v) is 2.68. The predicted molar refractivity (Wildman–Crippen MR) is 65.8 cm³/mol. The van der Waals surface area contributed by atoms with E-state index in [2.05, 4.69) is 13.5 Å². The van der Waals surface area contributed by atoms with Crippen molar-refractivity contribution in [3.05, 3.63) is 12.2 Å². The summed E-state index contributed by atoms with van der Waals surface area (Å²) in [5, 5.41) is 10.1. The number of aliphatic hydroxyl groups excluding tert-OH is 1. The third-order valence-electron chi connectivity index (χ3n) is 3.81. The molecule has 0 spiro atoms. The molecule has 3 unspecified atom stereocenters. The van der Waals surface area contributed by atoms with Crippen LogP contribution >= 0.6 is 0 Å². The van der Waals surface area contributed by atoms with Crippen LogP contribution in [0.2, 0.25) is 0 Å². The van der Waals surface area contributed by atoms with Gasteiger partial charge in [0.05, 0.1) is 6.10 Å². The average molecular weight is 210 g/mol. The number of aliphatic hydroxyl groups is 1. The molecule has 0 aromatic rings. The molecule has 0 heterocycles. The van der Waals surface area contributed by atoms with Gasteiger partial charge in [-0.3, -0.25) is 0 Å². The molecule has 1 nitrogen and oxygen atoms in total. The Balaban J connectivity index is 2.31. The summed E-state index contributed by atoms with van der Waals surface area (Å²) in [6.45, 7) is 8.21. The van der Waals surface area contributed by atoms with E-state index in [4.69, 9.17) is 0 Å². The molecule has 0 aliphatic heterocycles. The summed E-state index contributed by atoms with van der Waals surface area (Å²) in [6.07, 6.45) is 8.25. The molecule has 0 saturated heterocycles. The Hall–Kier alpha value is -0.300. The molecule has 1 fully saturated rings. The Morgan fingerprint density at radius 3 is 2.80 bits per heavy atom. The Kier molecular flexibility index (Phi) is 5.38. The SMILES string of the molecule is C=C(C)CCC(O)C1CCCC(CC)C1. The second kappa shape index (κ2) is 6.32. The Morgan fingerprint density at radius 1 is 1.47 bits per heavy atom. The van der Waals surface area contributed by atoms with Crippen LogP contribution in [0, 0.1) is 11.8 Å². The van der Waals surface area contributed by atoms with Crippen molar-refractivity contribution in [1.82, 2.24) is 0 Å². The van der Waals surface area contributed by atoms with Crippen molar-refractivity contribution in [2.24, 2.45) is 11.8 Å².